The van der Waals surface area contributed by atoms with Crippen LogP contribution in [0.3, 0.4) is 0 Å². The van der Waals surface area contributed by atoms with Crippen LogP contribution in [-0.4, -0.2) is 40.3 Å². The molecule has 11 heteroatoms. The number of anilines is 1. The zero-order chi connectivity index (χ0) is 18.6. The Labute approximate surface area is 153 Å². The van der Waals surface area contributed by atoms with Gasteiger partial charge in [-0.3, -0.25) is 4.79 Å². The fourth-order valence-corrected chi connectivity index (χ4v) is 3.26. The maximum atomic E-state index is 12.1. The zero-order valence-corrected chi connectivity index (χ0v) is 14.9. The minimum atomic E-state index is -3.76. The molecule has 1 aromatic heterocycles. The van der Waals surface area contributed by atoms with E-state index in [9.17, 15) is 13.2 Å². The molecule has 0 unspecified atom stereocenters. The van der Waals surface area contributed by atoms with E-state index in [1.807, 2.05) is 30.3 Å². The normalized spacial score (nSPS) is 11.3. The van der Waals surface area contributed by atoms with E-state index >= 15 is 0 Å². The molecule has 0 bridgehead atoms. The lowest BCUT2D eigenvalue weighted by molar-refractivity contribution is -0.113. The van der Waals surface area contributed by atoms with Gasteiger partial charge < -0.3 is 5.32 Å². The van der Waals surface area contributed by atoms with E-state index in [4.69, 9.17) is 5.14 Å². The summed E-state index contributed by atoms with van der Waals surface area (Å²) in [6.07, 6.45) is 0. The Kier molecular flexibility index (Phi) is 5.30. The van der Waals surface area contributed by atoms with E-state index < -0.39 is 10.0 Å². The molecule has 3 aromatic rings. The zero-order valence-electron chi connectivity index (χ0n) is 13.3. The number of carbonyl (C=O) groups excluding carboxylic acids is 1. The SMILES string of the molecule is NS(=O)(=O)c1ccc(NC(=O)CSc2nnnn2-c2ccccc2)cc1. The first-order valence-electron chi connectivity index (χ1n) is 7.33. The second-order valence-corrected chi connectivity index (χ2v) is 7.62. The number of para-hydroxylation sites is 1. The number of tetrazole rings is 1. The van der Waals surface area contributed by atoms with Crippen molar-refractivity contribution in [3.05, 3.63) is 54.6 Å². The molecule has 2 aromatic carbocycles. The molecule has 0 saturated heterocycles. The highest BCUT2D eigenvalue weighted by atomic mass is 32.2. The third-order valence-electron chi connectivity index (χ3n) is 3.24. The Bertz CT molecular complexity index is 1000. The number of nitrogens with zero attached hydrogens (tertiary/aromatic N) is 4. The number of thioether (sulfide) groups is 1. The summed E-state index contributed by atoms with van der Waals surface area (Å²) in [4.78, 5) is 12.1. The highest BCUT2D eigenvalue weighted by Crippen LogP contribution is 2.19. The van der Waals surface area contributed by atoms with Crippen molar-refractivity contribution in [2.45, 2.75) is 10.1 Å². The first kappa shape index (κ1) is 18.0. The molecule has 26 heavy (non-hydrogen) atoms. The quantitative estimate of drug-likeness (QED) is 0.601. The number of nitrogens with two attached hydrogens (primary N) is 1. The van der Waals surface area contributed by atoms with Crippen molar-refractivity contribution < 1.29 is 13.2 Å². The third-order valence-corrected chi connectivity index (χ3v) is 5.09. The van der Waals surface area contributed by atoms with Crippen LogP contribution in [0.1, 0.15) is 0 Å². The molecule has 1 amide bonds. The van der Waals surface area contributed by atoms with E-state index in [1.54, 1.807) is 4.68 Å². The standard InChI is InChI=1S/C15H14N6O3S2/c16-26(23,24)13-8-6-11(7-9-13)17-14(22)10-25-15-18-19-20-21(15)12-4-2-1-3-5-12/h1-9H,10H2,(H,17,22)(H2,16,23,24). The Balaban J connectivity index is 1.61. The predicted molar refractivity (Wildman–Crippen MR) is 96.3 cm³/mol. The maximum Gasteiger partial charge on any atom is 0.238 e. The van der Waals surface area contributed by atoms with E-state index in [-0.39, 0.29) is 16.6 Å². The average Bonchev–Trinajstić information content (AvgIpc) is 3.09. The fraction of sp³-hybridized carbons (Fsp3) is 0.0667. The van der Waals surface area contributed by atoms with Crippen LogP contribution in [0, 0.1) is 0 Å². The lowest BCUT2D eigenvalue weighted by Gasteiger charge is -2.06. The number of amides is 1. The van der Waals surface area contributed by atoms with Crippen LogP contribution in [0.5, 0.6) is 0 Å². The van der Waals surface area contributed by atoms with Gasteiger partial charge in [-0.25, -0.2) is 13.6 Å². The summed E-state index contributed by atoms with van der Waals surface area (Å²) >= 11 is 1.18. The van der Waals surface area contributed by atoms with Crippen LogP contribution >= 0.6 is 11.8 Å². The Morgan fingerprint density at radius 2 is 1.81 bits per heavy atom. The molecule has 0 aliphatic heterocycles. The van der Waals surface area contributed by atoms with Crippen molar-refractivity contribution in [3.63, 3.8) is 0 Å². The number of sulfonamides is 1. The van der Waals surface area contributed by atoms with E-state index in [1.165, 1.54) is 36.0 Å². The minimum absolute atomic E-state index is 0.0214. The molecule has 0 spiro atoms. The highest BCUT2D eigenvalue weighted by Gasteiger charge is 2.12. The van der Waals surface area contributed by atoms with Crippen molar-refractivity contribution in [1.82, 2.24) is 20.2 Å². The van der Waals surface area contributed by atoms with Crippen molar-refractivity contribution in [2.75, 3.05) is 11.1 Å². The molecule has 3 rings (SSSR count). The average molecular weight is 390 g/mol. The van der Waals surface area contributed by atoms with Crippen LogP contribution in [-0.2, 0) is 14.8 Å². The number of hydrogen-bond acceptors (Lipinski definition) is 7. The van der Waals surface area contributed by atoms with Gasteiger partial charge in [0.1, 0.15) is 0 Å². The summed E-state index contributed by atoms with van der Waals surface area (Å²) in [5.41, 5.74) is 1.25. The van der Waals surface area contributed by atoms with Gasteiger partial charge in [0, 0.05) is 5.69 Å². The molecule has 134 valence electrons. The topological polar surface area (TPSA) is 133 Å². The summed E-state index contributed by atoms with van der Waals surface area (Å²) in [5, 5.41) is 19.6. The Morgan fingerprint density at radius 3 is 2.46 bits per heavy atom. The van der Waals surface area contributed by atoms with Crippen molar-refractivity contribution in [3.8, 4) is 5.69 Å². The van der Waals surface area contributed by atoms with Gasteiger partial charge in [0.15, 0.2) is 0 Å². The van der Waals surface area contributed by atoms with Crippen LogP contribution in [0.25, 0.3) is 5.69 Å². The van der Waals surface area contributed by atoms with E-state index in [0.29, 0.717) is 10.8 Å². The van der Waals surface area contributed by atoms with Crippen LogP contribution < -0.4 is 10.5 Å². The maximum absolute atomic E-state index is 12.1. The van der Waals surface area contributed by atoms with Gasteiger partial charge in [-0.05, 0) is 46.8 Å². The molecular weight excluding hydrogens is 376 g/mol. The van der Waals surface area contributed by atoms with Crippen LogP contribution in [0.2, 0.25) is 0 Å². The summed E-state index contributed by atoms with van der Waals surface area (Å²) in [5.74, 6) is -0.189. The number of primary sulfonamides is 1. The number of hydrogen-bond donors (Lipinski definition) is 2. The summed E-state index contributed by atoms with van der Waals surface area (Å²) in [7, 11) is -3.76. The van der Waals surface area contributed by atoms with Gasteiger partial charge in [0.25, 0.3) is 0 Å². The first-order chi connectivity index (χ1) is 12.4. The second kappa shape index (κ2) is 7.64. The highest BCUT2D eigenvalue weighted by molar-refractivity contribution is 7.99. The van der Waals surface area contributed by atoms with Gasteiger partial charge >= 0.3 is 0 Å². The summed E-state index contributed by atoms with van der Waals surface area (Å²) in [6, 6.07) is 14.9. The number of carbonyl (C=O) groups is 1. The molecular formula is C15H14N6O3S2. The molecule has 0 radical (unpaired) electrons. The van der Waals surface area contributed by atoms with Crippen molar-refractivity contribution in [1.29, 1.82) is 0 Å². The lowest BCUT2D eigenvalue weighted by atomic mass is 10.3. The summed E-state index contributed by atoms with van der Waals surface area (Å²) < 4.78 is 24.0. The summed E-state index contributed by atoms with van der Waals surface area (Å²) in [6.45, 7) is 0. The number of rotatable bonds is 6. The fourth-order valence-electron chi connectivity index (χ4n) is 2.06. The number of benzene rings is 2. The Hall–Kier alpha value is -2.76. The third kappa shape index (κ3) is 4.45. The largest absolute Gasteiger partial charge is 0.325 e. The van der Waals surface area contributed by atoms with Gasteiger partial charge in [0.2, 0.25) is 21.1 Å². The molecule has 0 atom stereocenters. The van der Waals surface area contributed by atoms with Gasteiger partial charge in [-0.1, -0.05) is 30.0 Å². The minimum Gasteiger partial charge on any atom is -0.325 e. The molecule has 0 aliphatic rings. The molecule has 0 aliphatic carbocycles. The van der Waals surface area contributed by atoms with Crippen molar-refractivity contribution >= 4 is 33.4 Å². The van der Waals surface area contributed by atoms with Crippen LogP contribution in [0.4, 0.5) is 5.69 Å². The molecule has 0 saturated carbocycles. The van der Waals surface area contributed by atoms with Gasteiger partial charge in [0.05, 0.1) is 16.3 Å². The molecule has 3 N–H and O–H groups in total. The van der Waals surface area contributed by atoms with Gasteiger partial charge in [-0.15, -0.1) is 5.10 Å². The predicted octanol–water partition coefficient (Wildman–Crippen LogP) is 1.04. The van der Waals surface area contributed by atoms with E-state index in [2.05, 4.69) is 20.8 Å². The Morgan fingerprint density at radius 1 is 1.12 bits per heavy atom. The molecule has 9 nitrogen and oxygen atoms in total. The van der Waals surface area contributed by atoms with Crippen LogP contribution in [0.15, 0.2) is 64.6 Å². The number of nitrogens with one attached hydrogen (secondary N) is 1. The molecule has 1 heterocycles. The van der Waals surface area contributed by atoms with Gasteiger partial charge in [-0.2, -0.15) is 4.68 Å². The lowest BCUT2D eigenvalue weighted by Crippen LogP contribution is -2.15. The monoisotopic (exact) mass is 390 g/mol. The second-order valence-electron chi connectivity index (χ2n) is 5.12. The smallest absolute Gasteiger partial charge is 0.238 e. The van der Waals surface area contributed by atoms with E-state index in [0.717, 1.165) is 5.69 Å². The van der Waals surface area contributed by atoms with Crippen molar-refractivity contribution in [2.24, 2.45) is 5.14 Å². The molecule has 0 fully saturated rings. The number of aromatic nitrogens is 4. The first-order valence-corrected chi connectivity index (χ1v) is 9.86.